The molecule has 0 atom stereocenters. The number of hydrogen-bond donors (Lipinski definition) is 1. The maximum atomic E-state index is 12.9. The van der Waals surface area contributed by atoms with E-state index in [1.165, 1.54) is 41.6 Å². The monoisotopic (exact) mass is 474 g/mol. The van der Waals surface area contributed by atoms with Crippen molar-refractivity contribution >= 4 is 34.2 Å². The number of hydrogen-bond acceptors (Lipinski definition) is 6. The number of amides is 3. The molecule has 5 rings (SSSR count). The quantitative estimate of drug-likeness (QED) is 0.519. The first kappa shape index (κ1) is 22.4. The van der Waals surface area contributed by atoms with E-state index < -0.39 is 0 Å². The van der Waals surface area contributed by atoms with Crippen LogP contribution >= 0.6 is 11.3 Å². The number of piperidine rings is 1. The Kier molecular flexibility index (Phi) is 6.51. The molecule has 1 fully saturated rings. The highest BCUT2D eigenvalue weighted by Gasteiger charge is 2.35. The summed E-state index contributed by atoms with van der Waals surface area (Å²) in [6, 6.07) is 14.4. The van der Waals surface area contributed by atoms with Gasteiger partial charge in [-0.2, -0.15) is 0 Å². The van der Waals surface area contributed by atoms with Gasteiger partial charge >= 0.3 is 0 Å². The molecular formula is C26H26N4O3S. The number of likely N-dealkylation sites (tertiary alicyclic amines) is 1. The average molecular weight is 475 g/mol. The highest BCUT2D eigenvalue weighted by molar-refractivity contribution is 7.14. The third kappa shape index (κ3) is 4.78. The van der Waals surface area contributed by atoms with Crippen LogP contribution in [0.3, 0.4) is 0 Å². The van der Waals surface area contributed by atoms with Crippen LogP contribution in [0.5, 0.6) is 0 Å². The molecule has 0 spiro atoms. The number of thiazole rings is 1. The minimum Gasteiger partial charge on any atom is -0.298 e. The van der Waals surface area contributed by atoms with E-state index in [4.69, 9.17) is 0 Å². The maximum absolute atomic E-state index is 12.9. The Balaban J connectivity index is 1.23. The predicted molar refractivity (Wildman–Crippen MR) is 131 cm³/mol. The molecule has 1 N–H and O–H groups in total. The van der Waals surface area contributed by atoms with Crippen LogP contribution in [0.15, 0.2) is 53.9 Å². The molecule has 0 unspecified atom stereocenters. The first-order valence-corrected chi connectivity index (χ1v) is 12.5. The molecular weight excluding hydrogens is 448 g/mol. The lowest BCUT2D eigenvalue weighted by Gasteiger charge is -2.25. The van der Waals surface area contributed by atoms with E-state index in [1.54, 1.807) is 12.1 Å². The third-order valence-electron chi connectivity index (χ3n) is 6.31. The van der Waals surface area contributed by atoms with Crippen molar-refractivity contribution in [3.8, 4) is 0 Å². The van der Waals surface area contributed by atoms with Crippen LogP contribution in [0, 0.1) is 0 Å². The van der Waals surface area contributed by atoms with Crippen molar-refractivity contribution in [2.24, 2.45) is 0 Å². The Bertz CT molecular complexity index is 1220. The second kappa shape index (κ2) is 9.87. The van der Waals surface area contributed by atoms with E-state index in [-0.39, 0.29) is 23.3 Å². The normalized spacial score (nSPS) is 16.1. The van der Waals surface area contributed by atoms with Gasteiger partial charge in [0.05, 0.1) is 16.8 Å². The Morgan fingerprint density at radius 3 is 2.53 bits per heavy atom. The van der Waals surface area contributed by atoms with Gasteiger partial charge in [-0.3, -0.25) is 29.5 Å². The van der Waals surface area contributed by atoms with Gasteiger partial charge < -0.3 is 0 Å². The number of benzene rings is 2. The number of fused-ring (bicyclic) bond motifs is 1. The van der Waals surface area contributed by atoms with Crippen LogP contribution in [-0.2, 0) is 13.0 Å². The molecule has 3 heterocycles. The number of anilines is 1. The van der Waals surface area contributed by atoms with Gasteiger partial charge in [0.2, 0.25) is 0 Å². The summed E-state index contributed by atoms with van der Waals surface area (Å²) < 4.78 is 0. The molecule has 34 heavy (non-hydrogen) atoms. The number of carbonyl (C=O) groups is 3. The molecule has 0 saturated carbocycles. The summed E-state index contributed by atoms with van der Waals surface area (Å²) in [6.45, 7) is 3.27. The topological polar surface area (TPSA) is 82.6 Å². The van der Waals surface area contributed by atoms with Crippen LogP contribution < -0.4 is 5.32 Å². The fraction of sp³-hybridized carbons (Fsp3) is 0.308. The lowest BCUT2D eigenvalue weighted by Crippen LogP contribution is -2.31. The molecule has 8 heteroatoms. The van der Waals surface area contributed by atoms with Gasteiger partial charge in [-0.05, 0) is 56.1 Å². The molecule has 2 aromatic carbocycles. The minimum atomic E-state index is -0.358. The van der Waals surface area contributed by atoms with E-state index in [0.717, 1.165) is 30.9 Å². The molecule has 3 amide bonds. The summed E-state index contributed by atoms with van der Waals surface area (Å²) in [4.78, 5) is 46.7. The fourth-order valence-corrected chi connectivity index (χ4v) is 5.17. The first-order chi connectivity index (χ1) is 16.6. The molecule has 3 aromatic rings. The van der Waals surface area contributed by atoms with Crippen molar-refractivity contribution in [1.82, 2.24) is 14.8 Å². The molecule has 1 aromatic heterocycles. The van der Waals surface area contributed by atoms with E-state index in [9.17, 15) is 14.4 Å². The Labute approximate surface area is 202 Å². The minimum absolute atomic E-state index is 0.274. The van der Waals surface area contributed by atoms with Gasteiger partial charge in [0.25, 0.3) is 17.7 Å². The van der Waals surface area contributed by atoms with Gasteiger partial charge in [-0.1, -0.05) is 36.8 Å². The van der Waals surface area contributed by atoms with Gasteiger partial charge in [-0.15, -0.1) is 11.3 Å². The maximum Gasteiger partial charge on any atom is 0.261 e. The van der Waals surface area contributed by atoms with Gasteiger partial charge in [0, 0.05) is 24.0 Å². The number of nitrogens with zero attached hydrogens (tertiary/aromatic N) is 3. The zero-order chi connectivity index (χ0) is 23.5. The summed E-state index contributed by atoms with van der Waals surface area (Å²) in [5.41, 5.74) is 2.95. The molecule has 7 nitrogen and oxygen atoms in total. The van der Waals surface area contributed by atoms with Crippen LogP contribution in [0.2, 0.25) is 0 Å². The Hall–Kier alpha value is -3.36. The molecule has 174 valence electrons. The van der Waals surface area contributed by atoms with Gasteiger partial charge in [0.1, 0.15) is 0 Å². The zero-order valence-corrected chi connectivity index (χ0v) is 19.6. The van der Waals surface area contributed by atoms with E-state index in [1.807, 2.05) is 35.7 Å². The average Bonchev–Trinajstić information content (AvgIpc) is 3.40. The van der Waals surface area contributed by atoms with Crippen molar-refractivity contribution in [2.45, 2.75) is 32.2 Å². The molecule has 2 aliphatic rings. The van der Waals surface area contributed by atoms with Crippen molar-refractivity contribution in [2.75, 3.05) is 25.0 Å². The third-order valence-corrected chi connectivity index (χ3v) is 7.11. The summed E-state index contributed by atoms with van der Waals surface area (Å²) in [7, 11) is 0. The molecule has 0 radical (unpaired) electrons. The Morgan fingerprint density at radius 1 is 0.971 bits per heavy atom. The zero-order valence-electron chi connectivity index (χ0n) is 18.8. The first-order valence-electron chi connectivity index (χ1n) is 11.6. The smallest absolute Gasteiger partial charge is 0.261 e. The number of aromatic nitrogens is 1. The van der Waals surface area contributed by atoms with Crippen LogP contribution in [0.1, 0.15) is 61.6 Å². The summed E-state index contributed by atoms with van der Waals surface area (Å²) in [5.74, 6) is -1.02. The lowest BCUT2D eigenvalue weighted by atomic mass is 10.1. The van der Waals surface area contributed by atoms with E-state index in [0.29, 0.717) is 29.2 Å². The van der Waals surface area contributed by atoms with Crippen molar-refractivity contribution < 1.29 is 14.4 Å². The number of rotatable bonds is 7. The van der Waals surface area contributed by atoms with Gasteiger partial charge in [0.15, 0.2) is 5.13 Å². The van der Waals surface area contributed by atoms with Crippen molar-refractivity contribution in [1.29, 1.82) is 0 Å². The largest absolute Gasteiger partial charge is 0.298 e. The predicted octanol–water partition coefficient (Wildman–Crippen LogP) is 4.22. The number of carbonyl (C=O) groups excluding carboxylic acids is 3. The second-order valence-corrected chi connectivity index (χ2v) is 9.55. The summed E-state index contributed by atoms with van der Waals surface area (Å²) in [6.07, 6.45) is 4.31. The highest BCUT2D eigenvalue weighted by atomic mass is 32.1. The van der Waals surface area contributed by atoms with Crippen molar-refractivity contribution in [3.63, 3.8) is 0 Å². The SMILES string of the molecule is O=C(Nc1nc(CN2CCCCC2)cs1)c1ccc2c(c1)C(=O)N(CCc1ccccc1)C2=O. The highest BCUT2D eigenvalue weighted by Crippen LogP contribution is 2.25. The summed E-state index contributed by atoms with van der Waals surface area (Å²) in [5, 5.41) is 5.33. The van der Waals surface area contributed by atoms with Gasteiger partial charge in [-0.25, -0.2) is 4.98 Å². The standard InChI is InChI=1S/C26H26N4O3S/c31-23(28-26-27-20(17-34-26)16-29-12-5-2-6-13-29)19-9-10-21-22(15-19)25(33)30(24(21)32)14-11-18-7-3-1-4-8-18/h1,3-4,7-10,15,17H,2,5-6,11-14,16H2,(H,27,28,31). The number of nitrogens with one attached hydrogen (secondary N) is 1. The molecule has 1 saturated heterocycles. The second-order valence-electron chi connectivity index (χ2n) is 8.69. The van der Waals surface area contributed by atoms with Crippen molar-refractivity contribution in [3.05, 3.63) is 81.9 Å². The number of imide groups is 1. The molecule has 0 bridgehead atoms. The summed E-state index contributed by atoms with van der Waals surface area (Å²) >= 11 is 1.39. The van der Waals surface area contributed by atoms with E-state index >= 15 is 0 Å². The lowest BCUT2D eigenvalue weighted by molar-refractivity contribution is 0.0656. The molecule has 2 aliphatic heterocycles. The van der Waals surface area contributed by atoms with Crippen LogP contribution in [-0.4, -0.2) is 52.1 Å². The van der Waals surface area contributed by atoms with Crippen LogP contribution in [0.25, 0.3) is 0 Å². The fourth-order valence-electron chi connectivity index (χ4n) is 4.47. The molecule has 0 aliphatic carbocycles. The van der Waals surface area contributed by atoms with E-state index in [2.05, 4.69) is 15.2 Å². The van der Waals surface area contributed by atoms with Crippen LogP contribution in [0.4, 0.5) is 5.13 Å². The Morgan fingerprint density at radius 2 is 1.74 bits per heavy atom.